The van der Waals surface area contributed by atoms with Crippen LogP contribution in [0.25, 0.3) is 0 Å². The highest BCUT2D eigenvalue weighted by atomic mass is 35.5. The number of aliphatic hydroxyl groups excluding tert-OH is 1. The van der Waals surface area contributed by atoms with Crippen LogP contribution in [0.5, 0.6) is 0 Å². The fourth-order valence-corrected chi connectivity index (χ4v) is 3.34. The van der Waals surface area contributed by atoms with Gasteiger partial charge in [-0.05, 0) is 18.1 Å². The standard InChI is InChI=1S/C13H19ClFNO3S/c1-3-9(4-2)11(17)8-16-20(18,19)12-7-5-6-10(14)13(12)15/h5-7,9,11,16-17H,3-4,8H2,1-2H3. The van der Waals surface area contributed by atoms with Gasteiger partial charge in [0, 0.05) is 6.54 Å². The summed E-state index contributed by atoms with van der Waals surface area (Å²) in [5.41, 5.74) is 0. The van der Waals surface area contributed by atoms with Gasteiger partial charge in [0.2, 0.25) is 10.0 Å². The molecule has 0 spiro atoms. The molecular formula is C13H19ClFNO3S. The third-order valence-electron chi connectivity index (χ3n) is 3.28. The molecule has 0 heterocycles. The number of aliphatic hydroxyl groups is 1. The Morgan fingerprint density at radius 1 is 1.35 bits per heavy atom. The molecule has 0 fully saturated rings. The summed E-state index contributed by atoms with van der Waals surface area (Å²) in [5.74, 6) is -0.986. The first-order valence-corrected chi connectivity index (χ1v) is 8.31. The number of hydrogen-bond acceptors (Lipinski definition) is 3. The molecule has 0 bridgehead atoms. The average Bonchev–Trinajstić information content (AvgIpc) is 2.41. The first-order valence-electron chi connectivity index (χ1n) is 6.45. The molecule has 7 heteroatoms. The summed E-state index contributed by atoms with van der Waals surface area (Å²) in [5, 5.41) is 9.64. The van der Waals surface area contributed by atoms with Crippen molar-refractivity contribution in [2.75, 3.05) is 6.54 Å². The molecule has 1 unspecified atom stereocenters. The van der Waals surface area contributed by atoms with E-state index in [9.17, 15) is 17.9 Å². The van der Waals surface area contributed by atoms with Crippen LogP contribution in [0.4, 0.5) is 4.39 Å². The van der Waals surface area contributed by atoms with Gasteiger partial charge in [0.1, 0.15) is 4.90 Å². The molecule has 0 aliphatic heterocycles. The molecule has 114 valence electrons. The highest BCUT2D eigenvalue weighted by Gasteiger charge is 2.23. The van der Waals surface area contributed by atoms with Gasteiger partial charge < -0.3 is 5.11 Å². The Bertz CT molecular complexity index is 547. The summed E-state index contributed by atoms with van der Waals surface area (Å²) in [7, 11) is -4.03. The van der Waals surface area contributed by atoms with Crippen molar-refractivity contribution in [3.8, 4) is 0 Å². The molecule has 0 aliphatic rings. The van der Waals surface area contributed by atoms with Gasteiger partial charge in [-0.1, -0.05) is 44.4 Å². The van der Waals surface area contributed by atoms with Crippen molar-refractivity contribution in [2.45, 2.75) is 37.7 Å². The summed E-state index contributed by atoms with van der Waals surface area (Å²) >= 11 is 5.56. The van der Waals surface area contributed by atoms with Gasteiger partial charge in [0.05, 0.1) is 11.1 Å². The van der Waals surface area contributed by atoms with Crippen molar-refractivity contribution in [3.05, 3.63) is 29.0 Å². The number of sulfonamides is 1. The average molecular weight is 324 g/mol. The predicted molar refractivity (Wildman–Crippen MR) is 76.7 cm³/mol. The molecule has 4 nitrogen and oxygen atoms in total. The topological polar surface area (TPSA) is 66.4 Å². The molecule has 0 radical (unpaired) electrons. The molecule has 1 aromatic rings. The Kier molecular flexibility index (Phi) is 6.39. The van der Waals surface area contributed by atoms with Crippen molar-refractivity contribution in [1.82, 2.24) is 4.72 Å². The summed E-state index contributed by atoms with van der Waals surface area (Å²) in [4.78, 5) is -0.512. The first-order chi connectivity index (χ1) is 9.33. The summed E-state index contributed by atoms with van der Waals surface area (Å²) in [6.45, 7) is 3.69. The lowest BCUT2D eigenvalue weighted by molar-refractivity contribution is 0.107. The van der Waals surface area contributed by atoms with Crippen molar-refractivity contribution in [3.63, 3.8) is 0 Å². The maximum Gasteiger partial charge on any atom is 0.243 e. The molecule has 0 saturated carbocycles. The van der Waals surface area contributed by atoms with Gasteiger partial charge in [-0.25, -0.2) is 17.5 Å². The lowest BCUT2D eigenvalue weighted by Crippen LogP contribution is -2.36. The minimum atomic E-state index is -4.03. The maximum absolute atomic E-state index is 13.7. The van der Waals surface area contributed by atoms with Crippen molar-refractivity contribution in [2.24, 2.45) is 5.92 Å². The summed E-state index contributed by atoms with van der Waals surface area (Å²) < 4.78 is 39.9. The molecule has 2 N–H and O–H groups in total. The SMILES string of the molecule is CCC(CC)C(O)CNS(=O)(=O)c1cccc(Cl)c1F. The molecule has 1 aromatic carbocycles. The highest BCUT2D eigenvalue weighted by Crippen LogP contribution is 2.22. The van der Waals surface area contributed by atoms with Crippen LogP contribution >= 0.6 is 11.6 Å². The number of hydrogen-bond donors (Lipinski definition) is 2. The normalized spacial score (nSPS) is 13.7. The van der Waals surface area contributed by atoms with Gasteiger partial charge in [-0.2, -0.15) is 0 Å². The number of rotatable bonds is 7. The molecule has 0 aromatic heterocycles. The lowest BCUT2D eigenvalue weighted by Gasteiger charge is -2.20. The van der Waals surface area contributed by atoms with E-state index in [2.05, 4.69) is 4.72 Å². The van der Waals surface area contributed by atoms with Crippen LogP contribution < -0.4 is 4.72 Å². The van der Waals surface area contributed by atoms with E-state index in [0.29, 0.717) is 0 Å². The van der Waals surface area contributed by atoms with Crippen LogP contribution in [-0.2, 0) is 10.0 Å². The fourth-order valence-electron chi connectivity index (χ4n) is 1.96. The van der Waals surface area contributed by atoms with E-state index >= 15 is 0 Å². The van der Waals surface area contributed by atoms with Crippen LogP contribution in [0.1, 0.15) is 26.7 Å². The van der Waals surface area contributed by atoms with E-state index in [-0.39, 0.29) is 17.5 Å². The van der Waals surface area contributed by atoms with Gasteiger partial charge in [0.15, 0.2) is 5.82 Å². The predicted octanol–water partition coefficient (Wildman–Crippen LogP) is 2.55. The lowest BCUT2D eigenvalue weighted by atomic mass is 9.97. The second-order valence-corrected chi connectivity index (χ2v) is 6.69. The van der Waals surface area contributed by atoms with Crippen LogP contribution in [0, 0.1) is 11.7 Å². The first kappa shape index (κ1) is 17.4. The molecule has 0 saturated heterocycles. The molecule has 20 heavy (non-hydrogen) atoms. The second-order valence-electron chi connectivity index (χ2n) is 4.55. The Balaban J connectivity index is 2.83. The van der Waals surface area contributed by atoms with E-state index in [0.717, 1.165) is 18.9 Å². The zero-order valence-corrected chi connectivity index (χ0v) is 13.0. The third kappa shape index (κ3) is 4.15. The van der Waals surface area contributed by atoms with E-state index in [4.69, 9.17) is 11.6 Å². The van der Waals surface area contributed by atoms with Gasteiger partial charge in [0.25, 0.3) is 0 Å². The molecular weight excluding hydrogens is 305 g/mol. The van der Waals surface area contributed by atoms with Crippen molar-refractivity contribution >= 4 is 21.6 Å². The molecule has 0 amide bonds. The second kappa shape index (κ2) is 7.36. The number of nitrogens with one attached hydrogen (secondary N) is 1. The molecule has 0 aliphatic carbocycles. The largest absolute Gasteiger partial charge is 0.391 e. The maximum atomic E-state index is 13.7. The smallest absolute Gasteiger partial charge is 0.243 e. The van der Waals surface area contributed by atoms with Crippen LogP contribution in [0.2, 0.25) is 5.02 Å². The fraction of sp³-hybridized carbons (Fsp3) is 0.538. The van der Waals surface area contributed by atoms with Gasteiger partial charge in [-0.3, -0.25) is 0 Å². The Morgan fingerprint density at radius 3 is 2.50 bits per heavy atom. The van der Waals surface area contributed by atoms with Crippen molar-refractivity contribution < 1.29 is 17.9 Å². The minimum absolute atomic E-state index is 0.00177. The van der Waals surface area contributed by atoms with Gasteiger partial charge >= 0.3 is 0 Å². The van der Waals surface area contributed by atoms with Crippen LogP contribution in [-0.4, -0.2) is 26.2 Å². The highest BCUT2D eigenvalue weighted by molar-refractivity contribution is 7.89. The van der Waals surface area contributed by atoms with Gasteiger partial charge in [-0.15, -0.1) is 0 Å². The third-order valence-corrected chi connectivity index (χ3v) is 5.01. The number of halogens is 2. The Labute approximate surface area is 124 Å². The monoisotopic (exact) mass is 323 g/mol. The minimum Gasteiger partial charge on any atom is -0.391 e. The summed E-state index contributed by atoms with van der Waals surface area (Å²) in [6.07, 6.45) is 0.678. The zero-order valence-electron chi connectivity index (χ0n) is 11.4. The van der Waals surface area contributed by atoms with E-state index in [1.54, 1.807) is 0 Å². The Hall–Kier alpha value is -0.690. The molecule has 1 atom stereocenters. The zero-order chi connectivity index (χ0) is 15.3. The summed E-state index contributed by atoms with van der Waals surface area (Å²) in [6, 6.07) is 3.76. The Morgan fingerprint density at radius 2 is 1.95 bits per heavy atom. The number of benzene rings is 1. The van der Waals surface area contributed by atoms with Crippen LogP contribution in [0.3, 0.4) is 0 Å². The van der Waals surface area contributed by atoms with Crippen LogP contribution in [0.15, 0.2) is 23.1 Å². The van der Waals surface area contributed by atoms with E-state index < -0.39 is 26.8 Å². The van der Waals surface area contributed by atoms with E-state index in [1.165, 1.54) is 12.1 Å². The van der Waals surface area contributed by atoms with E-state index in [1.807, 2.05) is 13.8 Å². The molecule has 1 rings (SSSR count). The quantitative estimate of drug-likeness (QED) is 0.810. The van der Waals surface area contributed by atoms with Crippen molar-refractivity contribution in [1.29, 1.82) is 0 Å².